The lowest BCUT2D eigenvalue weighted by Gasteiger charge is -2.43. The number of ketones is 1. The second-order valence-electron chi connectivity index (χ2n) is 9.58. The third-order valence-electron chi connectivity index (χ3n) is 6.69. The highest BCUT2D eigenvalue weighted by Gasteiger charge is 2.57. The first-order chi connectivity index (χ1) is 17.3. The minimum atomic E-state index is -1.70. The van der Waals surface area contributed by atoms with E-state index >= 15 is 0 Å². The molecule has 6 heteroatoms. The maximum absolute atomic E-state index is 13.4. The number of ether oxygens (including phenoxy) is 2. The normalized spacial score (nSPS) is 23.6. The number of hydrogen-bond donors (Lipinski definition) is 1. The highest BCUT2D eigenvalue weighted by atomic mass is 16.5. The first-order valence-electron chi connectivity index (χ1n) is 12.0. The Bertz CT molecular complexity index is 1200. The molecule has 1 aliphatic rings. The van der Waals surface area contributed by atoms with E-state index < -0.39 is 41.1 Å². The molecule has 36 heavy (non-hydrogen) atoms. The predicted molar refractivity (Wildman–Crippen MR) is 134 cm³/mol. The van der Waals surface area contributed by atoms with Gasteiger partial charge in [0.05, 0.1) is 11.5 Å². The molecule has 186 valence electrons. The van der Waals surface area contributed by atoms with Crippen molar-refractivity contribution >= 4 is 17.7 Å². The summed E-state index contributed by atoms with van der Waals surface area (Å²) in [6.45, 7) is 3.39. The van der Waals surface area contributed by atoms with Gasteiger partial charge in [0.2, 0.25) is 0 Å². The van der Waals surface area contributed by atoms with Crippen molar-refractivity contribution in [3.05, 3.63) is 107 Å². The van der Waals surface area contributed by atoms with E-state index in [4.69, 9.17) is 9.47 Å². The van der Waals surface area contributed by atoms with E-state index in [1.807, 2.05) is 79.7 Å². The zero-order valence-electron chi connectivity index (χ0n) is 20.4. The molecule has 0 heterocycles. The van der Waals surface area contributed by atoms with Gasteiger partial charge in [0.25, 0.3) is 0 Å². The highest BCUT2D eigenvalue weighted by Crippen LogP contribution is 2.47. The van der Waals surface area contributed by atoms with Crippen molar-refractivity contribution in [3.63, 3.8) is 0 Å². The van der Waals surface area contributed by atoms with Gasteiger partial charge in [-0.1, -0.05) is 90.5 Å². The summed E-state index contributed by atoms with van der Waals surface area (Å²) >= 11 is 0. The Morgan fingerprint density at radius 2 is 1.33 bits per heavy atom. The Labute approximate surface area is 210 Å². The number of hydrogen-bond acceptors (Lipinski definition) is 6. The summed E-state index contributed by atoms with van der Waals surface area (Å²) in [7, 11) is 0. The standard InChI is InChI=1S/C30H30O6/c1-20-13-15-23(16-14-20)25-26(28(32)35-18-21-9-5-3-6-10-21)24(31)17-30(2,34)27(25)29(33)36-19-22-11-7-4-8-12-22/h3-16,25-27,34H,17-19H2,1-2H3/t25-,26+,27-,30+/m0/s1. The molecule has 0 saturated heterocycles. The fourth-order valence-electron chi connectivity index (χ4n) is 4.84. The molecule has 1 aliphatic carbocycles. The Hall–Kier alpha value is -3.77. The van der Waals surface area contributed by atoms with Crippen molar-refractivity contribution in [2.24, 2.45) is 11.8 Å². The first kappa shape index (κ1) is 25.3. The summed E-state index contributed by atoms with van der Waals surface area (Å²) in [4.78, 5) is 40.0. The van der Waals surface area contributed by atoms with Gasteiger partial charge in [-0.05, 0) is 30.5 Å². The van der Waals surface area contributed by atoms with Crippen LogP contribution in [0.1, 0.15) is 41.5 Å². The van der Waals surface area contributed by atoms with Crippen molar-refractivity contribution in [3.8, 4) is 0 Å². The quantitative estimate of drug-likeness (QED) is 0.390. The molecule has 4 rings (SSSR count). The van der Waals surface area contributed by atoms with Crippen LogP contribution in [-0.4, -0.2) is 28.4 Å². The van der Waals surface area contributed by atoms with Crippen LogP contribution in [0.3, 0.4) is 0 Å². The molecule has 0 aromatic heterocycles. The smallest absolute Gasteiger partial charge is 0.317 e. The van der Waals surface area contributed by atoms with Crippen molar-refractivity contribution in [1.82, 2.24) is 0 Å². The van der Waals surface area contributed by atoms with Gasteiger partial charge >= 0.3 is 11.9 Å². The predicted octanol–water partition coefficient (Wildman–Crippen LogP) is 4.52. The first-order valence-corrected chi connectivity index (χ1v) is 12.0. The van der Waals surface area contributed by atoms with Crippen LogP contribution in [0, 0.1) is 18.8 Å². The van der Waals surface area contributed by atoms with Crippen LogP contribution in [0.5, 0.6) is 0 Å². The number of carbonyl (C=O) groups is 3. The maximum atomic E-state index is 13.4. The van der Waals surface area contributed by atoms with Crippen LogP contribution in [0.15, 0.2) is 84.9 Å². The average Bonchev–Trinajstić information content (AvgIpc) is 2.86. The van der Waals surface area contributed by atoms with Gasteiger partial charge in [0.15, 0.2) is 5.78 Å². The van der Waals surface area contributed by atoms with Gasteiger partial charge in [0, 0.05) is 12.3 Å². The molecule has 1 saturated carbocycles. The fraction of sp³-hybridized carbons (Fsp3) is 0.300. The molecule has 0 spiro atoms. The minimum absolute atomic E-state index is 0.00356. The molecule has 3 aromatic rings. The zero-order valence-corrected chi connectivity index (χ0v) is 20.4. The van der Waals surface area contributed by atoms with E-state index in [0.29, 0.717) is 5.56 Å². The summed E-state index contributed by atoms with van der Waals surface area (Å²) in [5, 5.41) is 11.3. The summed E-state index contributed by atoms with van der Waals surface area (Å²) in [6, 6.07) is 25.6. The molecule has 0 radical (unpaired) electrons. The molecule has 0 unspecified atom stereocenters. The summed E-state index contributed by atoms with van der Waals surface area (Å²) in [5.41, 5.74) is 1.46. The number of Topliss-reactive ketones (excluding diaryl/α,β-unsaturated/α-hetero) is 1. The van der Waals surface area contributed by atoms with E-state index in [0.717, 1.165) is 16.7 Å². The van der Waals surface area contributed by atoms with Crippen LogP contribution in [0.2, 0.25) is 0 Å². The molecule has 6 nitrogen and oxygen atoms in total. The van der Waals surface area contributed by atoms with Crippen LogP contribution in [-0.2, 0) is 37.1 Å². The maximum Gasteiger partial charge on any atom is 0.317 e. The topological polar surface area (TPSA) is 89.9 Å². The summed E-state index contributed by atoms with van der Waals surface area (Å²) in [6.07, 6.45) is -0.356. The molecule has 4 atom stereocenters. The number of rotatable bonds is 7. The lowest BCUT2D eigenvalue weighted by Crippen LogP contribution is -2.55. The van der Waals surface area contributed by atoms with Gasteiger partial charge in [0.1, 0.15) is 19.1 Å². The second kappa shape index (κ2) is 10.9. The average molecular weight is 487 g/mol. The van der Waals surface area contributed by atoms with Gasteiger partial charge < -0.3 is 14.6 Å². The molecule has 0 amide bonds. The van der Waals surface area contributed by atoms with Crippen molar-refractivity contribution < 1.29 is 29.0 Å². The lowest BCUT2D eigenvalue weighted by atomic mass is 9.61. The number of carbonyl (C=O) groups excluding carboxylic acids is 3. The minimum Gasteiger partial charge on any atom is -0.461 e. The Morgan fingerprint density at radius 1 is 0.833 bits per heavy atom. The molecule has 3 aromatic carbocycles. The fourth-order valence-corrected chi connectivity index (χ4v) is 4.84. The SMILES string of the molecule is Cc1ccc([C@H]2[C@H](C(=O)OCc3ccccc3)C(=O)C[C@@](C)(O)[C@@H]2C(=O)OCc2ccccc2)cc1. The summed E-state index contributed by atoms with van der Waals surface area (Å²) in [5.74, 6) is -5.17. The molecular formula is C30H30O6. The Kier molecular flexibility index (Phi) is 7.65. The molecule has 1 N–H and O–H groups in total. The lowest BCUT2D eigenvalue weighted by molar-refractivity contribution is -0.174. The monoisotopic (exact) mass is 486 g/mol. The van der Waals surface area contributed by atoms with Crippen LogP contribution in [0.4, 0.5) is 0 Å². The van der Waals surface area contributed by atoms with Gasteiger partial charge in [-0.25, -0.2) is 0 Å². The molecule has 0 aliphatic heterocycles. The molecular weight excluding hydrogens is 456 g/mol. The third-order valence-corrected chi connectivity index (χ3v) is 6.69. The van der Waals surface area contributed by atoms with Crippen molar-refractivity contribution in [2.75, 3.05) is 0 Å². The van der Waals surface area contributed by atoms with E-state index in [-0.39, 0.29) is 19.6 Å². The van der Waals surface area contributed by atoms with Crippen molar-refractivity contribution in [2.45, 2.75) is 45.0 Å². The van der Waals surface area contributed by atoms with E-state index in [1.54, 1.807) is 12.1 Å². The van der Waals surface area contributed by atoms with E-state index in [2.05, 4.69) is 0 Å². The van der Waals surface area contributed by atoms with Gasteiger partial charge in [-0.15, -0.1) is 0 Å². The zero-order chi connectivity index (χ0) is 25.7. The van der Waals surface area contributed by atoms with Crippen LogP contribution < -0.4 is 0 Å². The number of aryl methyl sites for hydroxylation is 1. The highest BCUT2D eigenvalue weighted by molar-refractivity contribution is 6.02. The Balaban J connectivity index is 1.66. The third kappa shape index (κ3) is 5.71. The van der Waals surface area contributed by atoms with Crippen molar-refractivity contribution in [1.29, 1.82) is 0 Å². The van der Waals surface area contributed by atoms with E-state index in [9.17, 15) is 19.5 Å². The largest absolute Gasteiger partial charge is 0.461 e. The van der Waals surface area contributed by atoms with Crippen LogP contribution in [0.25, 0.3) is 0 Å². The van der Waals surface area contributed by atoms with E-state index in [1.165, 1.54) is 6.92 Å². The van der Waals surface area contributed by atoms with Crippen LogP contribution >= 0.6 is 0 Å². The number of benzene rings is 3. The number of esters is 2. The van der Waals surface area contributed by atoms with Gasteiger partial charge in [-0.3, -0.25) is 14.4 Å². The Morgan fingerprint density at radius 3 is 1.86 bits per heavy atom. The second-order valence-corrected chi connectivity index (χ2v) is 9.58. The van der Waals surface area contributed by atoms with Gasteiger partial charge in [-0.2, -0.15) is 0 Å². The molecule has 1 fully saturated rings. The molecule has 0 bridgehead atoms. The number of aliphatic hydroxyl groups is 1. The summed E-state index contributed by atoms with van der Waals surface area (Å²) < 4.78 is 11.2.